The highest BCUT2D eigenvalue weighted by atomic mass is 35.5. The number of pyridine rings is 1. The van der Waals surface area contributed by atoms with E-state index in [1.54, 1.807) is 0 Å². The Morgan fingerprint density at radius 1 is 1.41 bits per heavy atom. The summed E-state index contributed by atoms with van der Waals surface area (Å²) in [5, 5.41) is 0. The van der Waals surface area contributed by atoms with Crippen LogP contribution in [0.15, 0.2) is 6.20 Å². The van der Waals surface area contributed by atoms with E-state index in [9.17, 15) is 26.7 Å². The van der Waals surface area contributed by atoms with Crippen LogP contribution in [0.4, 0.5) is 22.0 Å². The lowest BCUT2D eigenvalue weighted by Gasteiger charge is -2.18. The average molecular weight is 348 g/mol. The molecule has 0 aliphatic carbocycles. The molecule has 0 aromatic carbocycles. The molecular formula is C12H11ClF5NO3. The van der Waals surface area contributed by atoms with E-state index in [0.29, 0.717) is 0 Å². The van der Waals surface area contributed by atoms with Gasteiger partial charge in [-0.2, -0.15) is 0 Å². The summed E-state index contributed by atoms with van der Waals surface area (Å²) in [7, 11) is 0. The molecule has 0 saturated carbocycles. The van der Waals surface area contributed by atoms with E-state index in [1.165, 1.54) is 6.92 Å². The lowest BCUT2D eigenvalue weighted by atomic mass is 10.1. The van der Waals surface area contributed by atoms with E-state index in [4.69, 9.17) is 11.6 Å². The van der Waals surface area contributed by atoms with Gasteiger partial charge in [0.25, 0.3) is 6.43 Å². The maximum atomic E-state index is 13.1. The first-order valence-corrected chi connectivity index (χ1v) is 6.49. The van der Waals surface area contributed by atoms with Crippen LogP contribution >= 0.6 is 11.6 Å². The van der Waals surface area contributed by atoms with E-state index in [2.05, 4.69) is 14.5 Å². The first-order chi connectivity index (χ1) is 10.2. The van der Waals surface area contributed by atoms with Gasteiger partial charge in [0.15, 0.2) is 0 Å². The van der Waals surface area contributed by atoms with Crippen LogP contribution in [0.5, 0.6) is 5.75 Å². The summed E-state index contributed by atoms with van der Waals surface area (Å²) in [4.78, 5) is 14.9. The standard InChI is InChI=1S/C12H11ClF5NO3/c1-2-21-8(20)3-7-9(11(14)15)10(22-12(16,17)18)6(4-13)5-19-7/h5,11H,2-4H2,1H3. The molecule has 0 radical (unpaired) electrons. The van der Waals surface area contributed by atoms with Crippen molar-refractivity contribution < 1.29 is 36.2 Å². The van der Waals surface area contributed by atoms with Crippen LogP contribution in [0.2, 0.25) is 0 Å². The third-order valence-corrected chi connectivity index (χ3v) is 2.71. The topological polar surface area (TPSA) is 48.4 Å². The fourth-order valence-corrected chi connectivity index (χ4v) is 1.82. The molecule has 0 amide bonds. The van der Waals surface area contributed by atoms with Crippen LogP contribution in [0, 0.1) is 0 Å². The first-order valence-electron chi connectivity index (χ1n) is 5.95. The second-order valence-corrected chi connectivity index (χ2v) is 4.20. The number of nitrogens with zero attached hydrogens (tertiary/aromatic N) is 1. The fourth-order valence-electron chi connectivity index (χ4n) is 1.63. The molecule has 22 heavy (non-hydrogen) atoms. The summed E-state index contributed by atoms with van der Waals surface area (Å²) < 4.78 is 71.7. The third kappa shape index (κ3) is 4.97. The van der Waals surface area contributed by atoms with Crippen LogP contribution in [-0.2, 0) is 21.8 Å². The number of carbonyl (C=O) groups excluding carboxylic acids is 1. The number of hydrogen-bond acceptors (Lipinski definition) is 4. The molecule has 0 atom stereocenters. The zero-order valence-electron chi connectivity index (χ0n) is 11.2. The van der Waals surface area contributed by atoms with Crippen molar-refractivity contribution in [2.75, 3.05) is 6.61 Å². The number of ether oxygens (including phenoxy) is 2. The monoisotopic (exact) mass is 347 g/mol. The summed E-state index contributed by atoms with van der Waals surface area (Å²) in [5.41, 5.74) is -2.04. The van der Waals surface area contributed by atoms with Crippen LogP contribution in [-0.4, -0.2) is 23.9 Å². The minimum atomic E-state index is -5.19. The highest BCUT2D eigenvalue weighted by Crippen LogP contribution is 2.38. The maximum absolute atomic E-state index is 13.1. The van der Waals surface area contributed by atoms with Crippen molar-refractivity contribution in [2.24, 2.45) is 0 Å². The van der Waals surface area contributed by atoms with E-state index >= 15 is 0 Å². The Bertz CT molecular complexity index is 536. The van der Waals surface area contributed by atoms with Gasteiger partial charge in [-0.15, -0.1) is 24.8 Å². The minimum Gasteiger partial charge on any atom is -0.466 e. The minimum absolute atomic E-state index is 0.00544. The van der Waals surface area contributed by atoms with Gasteiger partial charge < -0.3 is 9.47 Å². The molecule has 1 aromatic heterocycles. The van der Waals surface area contributed by atoms with Crippen molar-refractivity contribution in [1.29, 1.82) is 0 Å². The van der Waals surface area contributed by atoms with Gasteiger partial charge in [-0.3, -0.25) is 9.78 Å². The Hall–Kier alpha value is -1.64. The number of halogens is 6. The summed E-state index contributed by atoms with van der Waals surface area (Å²) in [6, 6.07) is 0. The average Bonchev–Trinajstić information content (AvgIpc) is 2.37. The second kappa shape index (κ2) is 7.57. The molecule has 0 spiro atoms. The molecule has 0 fully saturated rings. The summed E-state index contributed by atoms with van der Waals surface area (Å²) in [5.74, 6) is -2.54. The SMILES string of the molecule is CCOC(=O)Cc1ncc(CCl)c(OC(F)(F)F)c1C(F)F. The second-order valence-electron chi connectivity index (χ2n) is 3.94. The molecule has 0 aliphatic heterocycles. The Morgan fingerprint density at radius 2 is 2.05 bits per heavy atom. The normalized spacial score (nSPS) is 11.6. The van der Waals surface area contributed by atoms with Crippen LogP contribution in [0.3, 0.4) is 0 Å². The van der Waals surface area contributed by atoms with Crippen molar-refractivity contribution in [3.8, 4) is 5.75 Å². The van der Waals surface area contributed by atoms with Gasteiger partial charge in [0.1, 0.15) is 5.75 Å². The molecule has 1 aromatic rings. The number of esters is 1. The van der Waals surface area contributed by atoms with Crippen LogP contribution < -0.4 is 4.74 Å². The molecule has 1 rings (SSSR count). The van der Waals surface area contributed by atoms with E-state index in [0.717, 1.165) is 6.20 Å². The lowest BCUT2D eigenvalue weighted by molar-refractivity contribution is -0.275. The highest BCUT2D eigenvalue weighted by molar-refractivity contribution is 6.17. The van der Waals surface area contributed by atoms with Gasteiger partial charge in [-0.05, 0) is 6.92 Å². The molecule has 0 bridgehead atoms. The molecular weight excluding hydrogens is 337 g/mol. The number of carbonyl (C=O) groups is 1. The Labute approximate surface area is 127 Å². The van der Waals surface area contributed by atoms with Gasteiger partial charge in [-0.25, -0.2) is 8.78 Å². The van der Waals surface area contributed by atoms with Crippen LogP contribution in [0.1, 0.15) is 30.2 Å². The van der Waals surface area contributed by atoms with E-state index in [1.807, 2.05) is 0 Å². The number of alkyl halides is 6. The van der Waals surface area contributed by atoms with Crippen molar-refractivity contribution in [3.63, 3.8) is 0 Å². The summed E-state index contributed by atoms with van der Waals surface area (Å²) >= 11 is 5.42. The van der Waals surface area contributed by atoms with Gasteiger partial charge in [0, 0.05) is 11.8 Å². The zero-order valence-corrected chi connectivity index (χ0v) is 12.0. The van der Waals surface area contributed by atoms with Gasteiger partial charge in [0.05, 0.1) is 30.2 Å². The molecule has 0 unspecified atom stereocenters. The molecule has 0 saturated heterocycles. The van der Waals surface area contributed by atoms with Crippen molar-refractivity contribution in [1.82, 2.24) is 4.98 Å². The van der Waals surface area contributed by atoms with Crippen LogP contribution in [0.25, 0.3) is 0 Å². The molecule has 10 heteroatoms. The predicted molar refractivity (Wildman–Crippen MR) is 65.8 cm³/mol. The van der Waals surface area contributed by atoms with E-state index < -0.39 is 48.1 Å². The Balaban J connectivity index is 3.34. The van der Waals surface area contributed by atoms with Gasteiger partial charge >= 0.3 is 12.3 Å². The van der Waals surface area contributed by atoms with Gasteiger partial charge in [-0.1, -0.05) is 0 Å². The lowest BCUT2D eigenvalue weighted by Crippen LogP contribution is -2.21. The molecule has 4 nitrogen and oxygen atoms in total. The molecule has 0 N–H and O–H groups in total. The molecule has 1 heterocycles. The Kier molecular flexibility index (Phi) is 6.34. The van der Waals surface area contributed by atoms with E-state index in [-0.39, 0.29) is 12.2 Å². The molecule has 0 aliphatic rings. The largest absolute Gasteiger partial charge is 0.573 e. The van der Waals surface area contributed by atoms with Crippen molar-refractivity contribution >= 4 is 17.6 Å². The van der Waals surface area contributed by atoms with Gasteiger partial charge in [0.2, 0.25) is 0 Å². The van der Waals surface area contributed by atoms with Crippen molar-refractivity contribution in [3.05, 3.63) is 23.0 Å². The van der Waals surface area contributed by atoms with Crippen molar-refractivity contribution in [2.45, 2.75) is 32.0 Å². The first kappa shape index (κ1) is 18.4. The zero-order chi connectivity index (χ0) is 16.9. The summed E-state index contributed by atoms with van der Waals surface area (Å²) in [6.45, 7) is 1.49. The smallest absolute Gasteiger partial charge is 0.466 e. The number of rotatable bonds is 6. The Morgan fingerprint density at radius 3 is 2.50 bits per heavy atom. The number of aromatic nitrogens is 1. The summed E-state index contributed by atoms with van der Waals surface area (Å²) in [6.07, 6.45) is -8.37. The predicted octanol–water partition coefficient (Wildman–Crippen LogP) is 3.76. The maximum Gasteiger partial charge on any atom is 0.573 e. The highest BCUT2D eigenvalue weighted by Gasteiger charge is 2.36. The fraction of sp³-hybridized carbons (Fsp3) is 0.500. The quantitative estimate of drug-likeness (QED) is 0.446. The number of hydrogen-bond donors (Lipinski definition) is 0. The third-order valence-electron chi connectivity index (χ3n) is 2.42. The molecule has 124 valence electrons.